The first-order valence-electron chi connectivity index (χ1n) is 9.72. The van der Waals surface area contributed by atoms with Crippen LogP contribution in [-0.4, -0.2) is 20.5 Å². The average Bonchev–Trinajstić information content (AvgIpc) is 3.08. The largest absolute Gasteiger partial charge is 0.489 e. The molecule has 8 heteroatoms. The first kappa shape index (κ1) is 20.3. The van der Waals surface area contributed by atoms with Crippen LogP contribution in [0.25, 0.3) is 5.65 Å². The second-order valence-corrected chi connectivity index (χ2v) is 7.14. The predicted octanol–water partition coefficient (Wildman–Crippen LogP) is 3.54. The molecule has 0 fully saturated rings. The van der Waals surface area contributed by atoms with E-state index >= 15 is 0 Å². The molecule has 3 heterocycles. The van der Waals surface area contributed by atoms with Crippen LogP contribution in [0.15, 0.2) is 57.8 Å². The van der Waals surface area contributed by atoms with Gasteiger partial charge in [0.15, 0.2) is 0 Å². The second-order valence-electron chi connectivity index (χ2n) is 7.14. The quantitative estimate of drug-likeness (QED) is 0.441. The zero-order valence-corrected chi connectivity index (χ0v) is 17.4. The number of hydrogen-bond acceptors (Lipinski definition) is 7. The smallest absolute Gasteiger partial charge is 0.338 e. The van der Waals surface area contributed by atoms with E-state index in [9.17, 15) is 9.59 Å². The molecule has 0 aliphatic carbocycles. The molecule has 0 unspecified atom stereocenters. The van der Waals surface area contributed by atoms with Gasteiger partial charge in [0.05, 0.1) is 22.5 Å². The maximum atomic E-state index is 12.5. The molecular weight excluding hydrogens is 398 g/mol. The topological polar surface area (TPSA) is 95.9 Å². The van der Waals surface area contributed by atoms with Crippen LogP contribution in [-0.2, 0) is 18.0 Å². The molecule has 31 heavy (non-hydrogen) atoms. The summed E-state index contributed by atoms with van der Waals surface area (Å²) in [6.45, 7) is 5.67. The lowest BCUT2D eigenvalue weighted by Gasteiger charge is -2.09. The van der Waals surface area contributed by atoms with Crippen LogP contribution in [0.3, 0.4) is 0 Å². The molecule has 0 radical (unpaired) electrons. The SMILES string of the molecule is Cc1noc(C)c1COc1cccc(C(=O)OCc2cc(=O)n3c(C)cccc3n2)c1. The van der Waals surface area contributed by atoms with E-state index in [2.05, 4.69) is 10.1 Å². The number of aryl methyl sites for hydroxylation is 3. The Morgan fingerprint density at radius 3 is 2.65 bits per heavy atom. The molecule has 0 amide bonds. The average molecular weight is 419 g/mol. The van der Waals surface area contributed by atoms with Gasteiger partial charge in [0.1, 0.15) is 30.4 Å². The number of esters is 1. The summed E-state index contributed by atoms with van der Waals surface area (Å²) >= 11 is 0. The predicted molar refractivity (Wildman–Crippen MR) is 112 cm³/mol. The van der Waals surface area contributed by atoms with Crippen LogP contribution in [0.5, 0.6) is 5.75 Å². The minimum atomic E-state index is -0.533. The van der Waals surface area contributed by atoms with Crippen LogP contribution < -0.4 is 10.3 Å². The summed E-state index contributed by atoms with van der Waals surface area (Å²) < 4.78 is 17.8. The van der Waals surface area contributed by atoms with E-state index in [4.69, 9.17) is 14.0 Å². The molecule has 4 aromatic rings. The summed E-state index contributed by atoms with van der Waals surface area (Å²) in [6.07, 6.45) is 0. The van der Waals surface area contributed by atoms with Gasteiger partial charge in [-0.2, -0.15) is 0 Å². The van der Waals surface area contributed by atoms with Crippen molar-refractivity contribution >= 4 is 11.6 Å². The number of fused-ring (bicyclic) bond motifs is 1. The van der Waals surface area contributed by atoms with Gasteiger partial charge in [-0.15, -0.1) is 0 Å². The summed E-state index contributed by atoms with van der Waals surface area (Å²) in [5.41, 5.74) is 3.43. The zero-order valence-electron chi connectivity index (χ0n) is 17.4. The van der Waals surface area contributed by atoms with Crippen LogP contribution in [0, 0.1) is 20.8 Å². The van der Waals surface area contributed by atoms with Crippen LogP contribution in [0.4, 0.5) is 0 Å². The Bertz CT molecular complexity index is 1300. The molecule has 0 N–H and O–H groups in total. The van der Waals surface area contributed by atoms with Crippen LogP contribution in [0.1, 0.15) is 38.8 Å². The lowest BCUT2D eigenvalue weighted by molar-refractivity contribution is 0.0467. The maximum Gasteiger partial charge on any atom is 0.338 e. The van der Waals surface area contributed by atoms with E-state index in [1.165, 1.54) is 10.5 Å². The third-order valence-electron chi connectivity index (χ3n) is 4.92. The number of carbonyl (C=O) groups excluding carboxylic acids is 1. The Morgan fingerprint density at radius 1 is 1.06 bits per heavy atom. The highest BCUT2D eigenvalue weighted by Crippen LogP contribution is 2.19. The number of benzene rings is 1. The fraction of sp³-hybridized carbons (Fsp3) is 0.217. The van der Waals surface area contributed by atoms with Gasteiger partial charge in [0, 0.05) is 11.8 Å². The summed E-state index contributed by atoms with van der Waals surface area (Å²) in [4.78, 5) is 29.3. The number of ether oxygens (including phenoxy) is 2. The summed E-state index contributed by atoms with van der Waals surface area (Å²) in [5, 5.41) is 3.90. The van der Waals surface area contributed by atoms with Gasteiger partial charge in [0.25, 0.3) is 5.56 Å². The van der Waals surface area contributed by atoms with Gasteiger partial charge < -0.3 is 14.0 Å². The van der Waals surface area contributed by atoms with Crippen molar-refractivity contribution in [1.29, 1.82) is 0 Å². The normalized spacial score (nSPS) is 10.9. The minimum Gasteiger partial charge on any atom is -0.489 e. The summed E-state index contributed by atoms with van der Waals surface area (Å²) in [7, 11) is 0. The third kappa shape index (κ3) is 4.32. The van der Waals surface area contributed by atoms with Crippen molar-refractivity contribution in [3.8, 4) is 5.75 Å². The number of nitrogens with zero attached hydrogens (tertiary/aromatic N) is 3. The highest BCUT2D eigenvalue weighted by molar-refractivity contribution is 5.89. The standard InChI is InChI=1S/C23H21N3O5/c1-14-6-4-9-21-24-18(11-22(27)26(14)21)12-30-23(28)17-7-5-8-19(10-17)29-13-20-15(2)25-31-16(20)3/h4-11H,12-13H2,1-3H3. The number of rotatable bonds is 6. The van der Waals surface area contributed by atoms with Crippen molar-refractivity contribution < 1.29 is 18.8 Å². The molecule has 0 spiro atoms. The van der Waals surface area contributed by atoms with E-state index < -0.39 is 5.97 Å². The Hall–Kier alpha value is -3.94. The molecule has 4 rings (SSSR count). The zero-order chi connectivity index (χ0) is 22.0. The molecule has 0 aliphatic heterocycles. The van der Waals surface area contributed by atoms with Crippen molar-refractivity contribution in [1.82, 2.24) is 14.5 Å². The first-order valence-corrected chi connectivity index (χ1v) is 9.72. The molecule has 1 aromatic carbocycles. The van der Waals surface area contributed by atoms with E-state index in [0.29, 0.717) is 28.4 Å². The summed E-state index contributed by atoms with van der Waals surface area (Å²) in [5.74, 6) is 0.683. The van der Waals surface area contributed by atoms with Crippen molar-refractivity contribution in [2.45, 2.75) is 34.0 Å². The first-order chi connectivity index (χ1) is 14.9. The Morgan fingerprint density at radius 2 is 1.87 bits per heavy atom. The Labute approximate surface area is 178 Å². The monoisotopic (exact) mass is 419 g/mol. The summed E-state index contributed by atoms with van der Waals surface area (Å²) in [6, 6.07) is 13.5. The van der Waals surface area contributed by atoms with Crippen molar-refractivity contribution in [3.05, 3.63) is 92.9 Å². The van der Waals surface area contributed by atoms with E-state index in [-0.39, 0.29) is 18.8 Å². The number of pyridine rings is 1. The molecule has 0 saturated heterocycles. The van der Waals surface area contributed by atoms with Gasteiger partial charge in [-0.05, 0) is 51.1 Å². The van der Waals surface area contributed by atoms with Gasteiger partial charge in [-0.3, -0.25) is 9.20 Å². The van der Waals surface area contributed by atoms with E-state index in [1.807, 2.05) is 32.9 Å². The van der Waals surface area contributed by atoms with Crippen molar-refractivity contribution in [3.63, 3.8) is 0 Å². The van der Waals surface area contributed by atoms with Gasteiger partial charge in [0.2, 0.25) is 0 Å². The number of hydrogen-bond donors (Lipinski definition) is 0. The van der Waals surface area contributed by atoms with Gasteiger partial charge >= 0.3 is 5.97 Å². The second kappa shape index (κ2) is 8.43. The fourth-order valence-corrected chi connectivity index (χ4v) is 3.24. The molecule has 0 saturated carbocycles. The van der Waals surface area contributed by atoms with Crippen molar-refractivity contribution in [2.24, 2.45) is 0 Å². The molecule has 8 nitrogen and oxygen atoms in total. The van der Waals surface area contributed by atoms with E-state index in [0.717, 1.165) is 17.0 Å². The van der Waals surface area contributed by atoms with Crippen LogP contribution >= 0.6 is 0 Å². The van der Waals surface area contributed by atoms with Gasteiger partial charge in [-0.1, -0.05) is 17.3 Å². The lowest BCUT2D eigenvalue weighted by Crippen LogP contribution is -2.18. The number of carbonyl (C=O) groups is 1. The Balaban J connectivity index is 1.44. The minimum absolute atomic E-state index is 0.108. The molecule has 3 aromatic heterocycles. The lowest BCUT2D eigenvalue weighted by atomic mass is 10.2. The molecule has 0 aliphatic rings. The molecule has 158 valence electrons. The third-order valence-corrected chi connectivity index (χ3v) is 4.92. The highest BCUT2D eigenvalue weighted by atomic mass is 16.5. The van der Waals surface area contributed by atoms with Crippen LogP contribution in [0.2, 0.25) is 0 Å². The maximum absolute atomic E-state index is 12.5. The molecule has 0 atom stereocenters. The molecular formula is C23H21N3O5. The number of aromatic nitrogens is 3. The highest BCUT2D eigenvalue weighted by Gasteiger charge is 2.13. The van der Waals surface area contributed by atoms with Crippen molar-refractivity contribution in [2.75, 3.05) is 0 Å². The van der Waals surface area contributed by atoms with E-state index in [1.54, 1.807) is 30.3 Å². The molecule has 0 bridgehead atoms. The fourth-order valence-electron chi connectivity index (χ4n) is 3.24. The Kier molecular flexibility index (Phi) is 5.53. The van der Waals surface area contributed by atoms with Gasteiger partial charge in [-0.25, -0.2) is 9.78 Å².